The molecular formula is C61H62. The Morgan fingerprint density at radius 3 is 1.36 bits per heavy atom. The van der Waals surface area contributed by atoms with Crippen molar-refractivity contribution in [3.05, 3.63) is 197 Å². The van der Waals surface area contributed by atoms with Gasteiger partial charge in [0.05, 0.1) is 5.41 Å². The zero-order chi connectivity index (χ0) is 42.8. The van der Waals surface area contributed by atoms with Gasteiger partial charge >= 0.3 is 0 Å². The lowest BCUT2D eigenvalue weighted by atomic mass is 9.66. The maximum Gasteiger partial charge on any atom is 0.0723 e. The number of aryl methyl sites for hydroxylation is 6. The van der Waals surface area contributed by atoms with Gasteiger partial charge in [-0.1, -0.05) is 115 Å². The smallest absolute Gasteiger partial charge is 0.0723 e. The van der Waals surface area contributed by atoms with Crippen molar-refractivity contribution in [3.8, 4) is 22.3 Å². The van der Waals surface area contributed by atoms with Crippen molar-refractivity contribution >= 4 is 22.3 Å². The Morgan fingerprint density at radius 1 is 0.443 bits per heavy atom. The largest absolute Gasteiger partial charge is 0.0725 e. The molecule has 0 aliphatic heterocycles. The quantitative estimate of drug-likeness (QED) is 0.170. The molecule has 61 heavy (non-hydrogen) atoms. The molecule has 0 saturated heterocycles. The molecule has 306 valence electrons. The van der Waals surface area contributed by atoms with E-state index >= 15 is 0 Å². The monoisotopic (exact) mass is 794 g/mol. The summed E-state index contributed by atoms with van der Waals surface area (Å²) >= 11 is 0. The molecule has 0 nitrogen and oxygen atoms in total. The number of rotatable bonds is 4. The van der Waals surface area contributed by atoms with Crippen molar-refractivity contribution in [2.24, 2.45) is 11.8 Å². The lowest BCUT2D eigenvalue weighted by molar-refractivity contribution is 0.719. The molecule has 5 aliphatic rings. The van der Waals surface area contributed by atoms with Crippen LogP contribution in [-0.2, 0) is 5.41 Å². The van der Waals surface area contributed by atoms with Crippen LogP contribution in [-0.4, -0.2) is 0 Å². The van der Waals surface area contributed by atoms with E-state index in [1.807, 2.05) is 0 Å². The highest BCUT2D eigenvalue weighted by molar-refractivity contribution is 6.00. The normalized spacial score (nSPS) is 21.7. The fraction of sp³-hybridized carbons (Fsp3) is 0.311. The SMILES string of the molecule is CC1=CC(C)=C(c2ccc3c(c2)C2(C4=C3CCC(c3c(C)cc(C)cc3C)=C4)c3cc(C4=C(C)C=C(C)CC4C)ccc3-c3ccc(-c4c(C)cc(C)cc4C)cc32)C(C)C1. The van der Waals surface area contributed by atoms with E-state index in [-0.39, 0.29) is 0 Å². The Hall–Kier alpha value is -5.46. The summed E-state index contributed by atoms with van der Waals surface area (Å²) in [5.74, 6) is 0.932. The van der Waals surface area contributed by atoms with Gasteiger partial charge in [0.15, 0.2) is 0 Å². The van der Waals surface area contributed by atoms with E-state index in [1.54, 1.807) is 0 Å². The van der Waals surface area contributed by atoms with Crippen molar-refractivity contribution in [2.75, 3.05) is 0 Å². The molecule has 5 aromatic carbocycles. The molecule has 10 rings (SSSR count). The standard InChI is InChI=1S/C61H62/c1-33-21-37(5)57(38(6)22-33)45-13-17-49-50-18-14-46(58-39(7)23-34(2)24-40(58)8)30-54(50)61(53(49)29-45)55-31-47(59-41(9)25-35(3)26-42(59)10)15-19-51(55)52-20-16-48(32-56(52)61)60-43(11)27-36(4)28-44(60)12/h13-15,17-19,21-23,25,27-32,40,42H,16,20,24,26H2,1-12H3. The molecule has 1 spiro atoms. The third kappa shape index (κ3) is 5.99. The molecule has 0 saturated carbocycles. The fourth-order valence-corrected chi connectivity index (χ4v) is 13.5. The van der Waals surface area contributed by atoms with Gasteiger partial charge in [-0.15, -0.1) is 0 Å². The van der Waals surface area contributed by atoms with Crippen LogP contribution in [0.4, 0.5) is 0 Å². The van der Waals surface area contributed by atoms with Crippen LogP contribution in [0.25, 0.3) is 44.5 Å². The average molecular weight is 795 g/mol. The summed E-state index contributed by atoms with van der Waals surface area (Å²) in [6, 6.07) is 32.3. The lowest BCUT2D eigenvalue weighted by Crippen LogP contribution is -2.28. The van der Waals surface area contributed by atoms with E-state index in [2.05, 4.69) is 180 Å². The minimum Gasteiger partial charge on any atom is -0.0725 e. The number of allylic oxidation sites excluding steroid dienone is 12. The Bertz CT molecular complexity index is 2930. The Kier molecular flexibility index (Phi) is 9.30. The van der Waals surface area contributed by atoms with Gasteiger partial charge in [0.25, 0.3) is 0 Å². The zero-order valence-corrected chi connectivity index (χ0v) is 38.7. The van der Waals surface area contributed by atoms with Gasteiger partial charge in [-0.25, -0.2) is 0 Å². The van der Waals surface area contributed by atoms with Gasteiger partial charge in [0.1, 0.15) is 0 Å². The molecule has 0 aromatic heterocycles. The highest BCUT2D eigenvalue weighted by Crippen LogP contribution is 2.65. The Labute approximate surface area is 366 Å². The zero-order valence-electron chi connectivity index (χ0n) is 38.7. The first kappa shape index (κ1) is 39.7. The molecule has 3 unspecified atom stereocenters. The van der Waals surface area contributed by atoms with Gasteiger partial charge < -0.3 is 0 Å². The number of hydrogen-bond donors (Lipinski definition) is 0. The van der Waals surface area contributed by atoms with E-state index in [1.165, 1.54) is 145 Å². The van der Waals surface area contributed by atoms with Crippen LogP contribution in [0.5, 0.6) is 0 Å². The first-order chi connectivity index (χ1) is 29.1. The minimum atomic E-state index is -0.474. The van der Waals surface area contributed by atoms with Crippen molar-refractivity contribution in [3.63, 3.8) is 0 Å². The van der Waals surface area contributed by atoms with Gasteiger partial charge in [-0.2, -0.15) is 0 Å². The molecule has 0 heterocycles. The second kappa shape index (κ2) is 14.3. The van der Waals surface area contributed by atoms with Gasteiger partial charge in [0, 0.05) is 0 Å². The molecule has 0 fully saturated rings. The maximum atomic E-state index is 2.68. The first-order valence-electron chi connectivity index (χ1n) is 23.0. The summed E-state index contributed by atoms with van der Waals surface area (Å²) in [6.45, 7) is 27.9. The van der Waals surface area contributed by atoms with Crippen molar-refractivity contribution in [2.45, 2.75) is 114 Å². The summed E-state index contributed by atoms with van der Waals surface area (Å²) in [6.07, 6.45) is 11.9. The van der Waals surface area contributed by atoms with Crippen LogP contribution in [0.2, 0.25) is 0 Å². The highest BCUT2D eigenvalue weighted by atomic mass is 14.5. The minimum absolute atomic E-state index is 0.465. The van der Waals surface area contributed by atoms with Crippen LogP contribution in [0.15, 0.2) is 125 Å². The predicted molar refractivity (Wildman–Crippen MR) is 263 cm³/mol. The van der Waals surface area contributed by atoms with Crippen LogP contribution in [0, 0.1) is 53.4 Å². The third-order valence-corrected chi connectivity index (χ3v) is 15.2. The molecule has 0 heteroatoms. The van der Waals surface area contributed by atoms with E-state index in [0.29, 0.717) is 11.8 Å². The molecule has 5 aliphatic carbocycles. The molecule has 3 atom stereocenters. The summed E-state index contributed by atoms with van der Waals surface area (Å²) in [7, 11) is 0. The van der Waals surface area contributed by atoms with Gasteiger partial charge in [-0.3, -0.25) is 0 Å². The Balaban J connectivity index is 1.33. The van der Waals surface area contributed by atoms with Crippen molar-refractivity contribution in [1.29, 1.82) is 0 Å². The molecule has 0 radical (unpaired) electrons. The predicted octanol–water partition coefficient (Wildman–Crippen LogP) is 16.7. The maximum absolute atomic E-state index is 2.68. The van der Waals surface area contributed by atoms with Gasteiger partial charge in [0.2, 0.25) is 0 Å². The number of benzene rings is 5. The average Bonchev–Trinajstić information content (AvgIpc) is 3.62. The van der Waals surface area contributed by atoms with E-state index in [9.17, 15) is 0 Å². The molecule has 0 N–H and O–H groups in total. The second-order valence-electron chi connectivity index (χ2n) is 20.0. The molecule has 0 bridgehead atoms. The van der Waals surface area contributed by atoms with Crippen molar-refractivity contribution in [1.82, 2.24) is 0 Å². The summed E-state index contributed by atoms with van der Waals surface area (Å²) in [4.78, 5) is 0. The van der Waals surface area contributed by atoms with Crippen LogP contribution in [0.3, 0.4) is 0 Å². The van der Waals surface area contributed by atoms with Crippen molar-refractivity contribution < 1.29 is 0 Å². The number of fused-ring (bicyclic) bond motifs is 9. The summed E-state index contributed by atoms with van der Waals surface area (Å²) in [5, 5.41) is 0. The molecule has 0 amide bonds. The lowest BCUT2D eigenvalue weighted by Gasteiger charge is -2.35. The summed E-state index contributed by atoms with van der Waals surface area (Å²) in [5.41, 5.74) is 36.4. The summed E-state index contributed by atoms with van der Waals surface area (Å²) < 4.78 is 0. The fourth-order valence-electron chi connectivity index (χ4n) is 13.5. The topological polar surface area (TPSA) is 0 Å². The van der Waals surface area contributed by atoms with E-state index in [0.717, 1.165) is 25.7 Å². The molecule has 5 aromatic rings. The van der Waals surface area contributed by atoms with Gasteiger partial charge in [-0.05, 0) is 247 Å². The Morgan fingerprint density at radius 2 is 0.869 bits per heavy atom. The van der Waals surface area contributed by atoms with E-state index in [4.69, 9.17) is 0 Å². The third-order valence-electron chi connectivity index (χ3n) is 15.2. The highest BCUT2D eigenvalue weighted by Gasteiger charge is 2.53. The first-order valence-corrected chi connectivity index (χ1v) is 23.0. The van der Waals surface area contributed by atoms with Crippen LogP contribution >= 0.6 is 0 Å². The van der Waals surface area contributed by atoms with Crippen LogP contribution in [0.1, 0.15) is 140 Å². The van der Waals surface area contributed by atoms with Crippen LogP contribution < -0.4 is 0 Å². The second-order valence-corrected chi connectivity index (χ2v) is 20.0. The van der Waals surface area contributed by atoms with E-state index < -0.39 is 5.41 Å². The number of hydrogen-bond acceptors (Lipinski definition) is 0. The molecular weight excluding hydrogens is 733 g/mol.